The number of benzene rings is 3. The zero-order valence-corrected chi connectivity index (χ0v) is 25.9. The summed E-state index contributed by atoms with van der Waals surface area (Å²) in [6.07, 6.45) is -3.99. The zero-order valence-electron chi connectivity index (χ0n) is 25.1. The number of phenols is 1. The number of cyclic esters (lactones) is 1. The number of hydrogen-bond donors (Lipinski definition) is 6. The Bertz CT molecular complexity index is 1990. The number of esters is 3. The number of aromatic hydroxyl groups is 1. The van der Waals surface area contributed by atoms with Crippen LogP contribution in [0.4, 0.5) is 11.4 Å². The molecule has 1 aliphatic rings. The normalized spacial score (nSPS) is 16.1. The van der Waals surface area contributed by atoms with E-state index >= 15 is 0 Å². The number of nitrogens with zero attached hydrogens (tertiary/aromatic N) is 2. The van der Waals surface area contributed by atoms with Crippen LogP contribution in [0.3, 0.4) is 0 Å². The number of fused-ring (bicyclic) bond motifs is 1. The second-order valence-corrected chi connectivity index (χ2v) is 11.6. The molecule has 3 aromatic carbocycles. The Morgan fingerprint density at radius 2 is 1.75 bits per heavy atom. The van der Waals surface area contributed by atoms with Gasteiger partial charge in [-0.05, 0) is 36.1 Å². The molecular formula is C30H28N2O15S. The number of rotatable bonds is 12. The lowest BCUT2D eigenvalue weighted by molar-refractivity contribution is -0.147. The van der Waals surface area contributed by atoms with Gasteiger partial charge in [0.25, 0.3) is 10.1 Å². The van der Waals surface area contributed by atoms with Gasteiger partial charge >= 0.3 is 17.9 Å². The van der Waals surface area contributed by atoms with E-state index in [-0.39, 0.29) is 21.8 Å². The van der Waals surface area contributed by atoms with E-state index in [2.05, 4.69) is 19.7 Å². The van der Waals surface area contributed by atoms with Crippen LogP contribution in [0.5, 0.6) is 5.75 Å². The summed E-state index contributed by atoms with van der Waals surface area (Å²) >= 11 is 0. The van der Waals surface area contributed by atoms with Crippen LogP contribution in [0, 0.1) is 6.92 Å². The number of aryl methyl sites for hydroxylation is 1. The van der Waals surface area contributed by atoms with E-state index in [1.807, 2.05) is 0 Å². The molecule has 0 aliphatic carbocycles. The average molecular weight is 689 g/mol. The fourth-order valence-corrected chi connectivity index (χ4v) is 5.46. The summed E-state index contributed by atoms with van der Waals surface area (Å²) < 4.78 is 44.7. The molecule has 4 rings (SSSR count). The van der Waals surface area contributed by atoms with Crippen LogP contribution >= 0.6 is 0 Å². The number of methoxy groups -OCH3 is 1. The van der Waals surface area contributed by atoms with Gasteiger partial charge in [0.1, 0.15) is 29.7 Å². The molecule has 2 unspecified atom stereocenters. The second-order valence-electron chi connectivity index (χ2n) is 10.0. The van der Waals surface area contributed by atoms with Gasteiger partial charge in [-0.15, -0.1) is 5.11 Å². The third-order valence-corrected chi connectivity index (χ3v) is 8.28. The molecule has 1 heterocycles. The highest BCUT2D eigenvalue weighted by Gasteiger charge is 2.40. The molecule has 18 heteroatoms. The molecule has 0 aromatic heterocycles. The predicted molar refractivity (Wildman–Crippen MR) is 161 cm³/mol. The number of ether oxygens (including phenoxy) is 3. The molecule has 17 nitrogen and oxygen atoms in total. The molecule has 0 fully saturated rings. The lowest BCUT2D eigenvalue weighted by Crippen LogP contribution is -2.33. The van der Waals surface area contributed by atoms with Crippen molar-refractivity contribution >= 4 is 50.2 Å². The van der Waals surface area contributed by atoms with Gasteiger partial charge in [0, 0.05) is 11.8 Å². The Morgan fingerprint density at radius 3 is 2.42 bits per heavy atom. The minimum Gasteiger partial charge on any atom is -0.508 e. The van der Waals surface area contributed by atoms with Crippen molar-refractivity contribution in [3.63, 3.8) is 0 Å². The highest BCUT2D eigenvalue weighted by molar-refractivity contribution is 7.86. The Hall–Kier alpha value is -5.72. The van der Waals surface area contributed by atoms with Crippen molar-refractivity contribution in [3.05, 3.63) is 82.7 Å². The summed E-state index contributed by atoms with van der Waals surface area (Å²) in [7, 11) is -3.48. The smallest absolute Gasteiger partial charge is 0.377 e. The number of phenolic OH excluding ortho intramolecular Hbond substituents is 1. The summed E-state index contributed by atoms with van der Waals surface area (Å²) in [6, 6.07) is 11.6. The minimum absolute atomic E-state index is 0.0179. The van der Waals surface area contributed by atoms with E-state index in [4.69, 9.17) is 8.92 Å². The molecule has 48 heavy (non-hydrogen) atoms. The minimum atomic E-state index is -4.46. The van der Waals surface area contributed by atoms with Crippen molar-refractivity contribution in [3.8, 4) is 5.75 Å². The molecule has 6 N–H and O–H groups in total. The quantitative estimate of drug-likeness (QED) is 0.0396. The summed E-state index contributed by atoms with van der Waals surface area (Å²) in [5.74, 6) is -8.31. The van der Waals surface area contributed by atoms with Gasteiger partial charge in [-0.1, -0.05) is 30.3 Å². The fourth-order valence-electron chi connectivity index (χ4n) is 4.30. The highest BCUT2D eigenvalue weighted by Crippen LogP contribution is 2.40. The topological polar surface area (TPSA) is 268 Å². The number of aliphatic hydroxyl groups excluding tert-OH is 5. The Morgan fingerprint density at radius 1 is 1.04 bits per heavy atom. The third-order valence-electron chi connectivity index (χ3n) is 6.83. The first-order valence-electron chi connectivity index (χ1n) is 13.7. The molecule has 0 radical (unpaired) electrons. The monoisotopic (exact) mass is 688 g/mol. The van der Waals surface area contributed by atoms with Crippen LogP contribution < -0.4 is 0 Å². The van der Waals surface area contributed by atoms with Crippen molar-refractivity contribution in [2.45, 2.75) is 30.4 Å². The lowest BCUT2D eigenvalue weighted by Gasteiger charge is -2.17. The highest BCUT2D eigenvalue weighted by atomic mass is 32.2. The predicted octanol–water partition coefficient (Wildman–Crippen LogP) is 3.64. The van der Waals surface area contributed by atoms with Crippen LogP contribution in [-0.4, -0.2) is 89.5 Å². The van der Waals surface area contributed by atoms with Gasteiger partial charge in [-0.25, -0.2) is 14.4 Å². The average Bonchev–Trinajstić information content (AvgIpc) is 3.33. The van der Waals surface area contributed by atoms with Gasteiger partial charge < -0.3 is 44.8 Å². The Kier molecular flexibility index (Phi) is 10.5. The maximum atomic E-state index is 12.9. The maximum absolute atomic E-state index is 12.9. The number of hydrogen-bond acceptors (Lipinski definition) is 17. The summed E-state index contributed by atoms with van der Waals surface area (Å²) in [6.45, 7) is 0.00858. The van der Waals surface area contributed by atoms with E-state index in [1.54, 1.807) is 24.3 Å². The maximum Gasteiger partial charge on any atom is 0.377 e. The van der Waals surface area contributed by atoms with E-state index in [1.165, 1.54) is 25.1 Å². The summed E-state index contributed by atoms with van der Waals surface area (Å²) in [5.41, 5.74) is -0.380. The van der Waals surface area contributed by atoms with Crippen molar-refractivity contribution < 1.29 is 71.8 Å². The van der Waals surface area contributed by atoms with Crippen LogP contribution in [0.2, 0.25) is 0 Å². The van der Waals surface area contributed by atoms with Crippen LogP contribution in [0.1, 0.15) is 22.3 Å². The zero-order chi connectivity index (χ0) is 35.3. The molecule has 0 bridgehead atoms. The molecule has 0 saturated heterocycles. The van der Waals surface area contributed by atoms with Crippen LogP contribution in [0.15, 0.2) is 86.7 Å². The third kappa shape index (κ3) is 7.46. The van der Waals surface area contributed by atoms with Crippen LogP contribution in [0.25, 0.3) is 10.8 Å². The molecule has 1 aliphatic heterocycles. The molecule has 0 saturated carbocycles. The van der Waals surface area contributed by atoms with Crippen molar-refractivity contribution in [2.75, 3.05) is 20.3 Å². The van der Waals surface area contributed by atoms with E-state index < -0.39 is 94.2 Å². The van der Waals surface area contributed by atoms with E-state index in [0.29, 0.717) is 10.8 Å². The summed E-state index contributed by atoms with van der Waals surface area (Å²) in [4.78, 5) is 35.3. The second kappa shape index (κ2) is 14.4. The van der Waals surface area contributed by atoms with Crippen LogP contribution in [-0.2, 0) is 38.1 Å². The Balaban J connectivity index is 1.57. The number of aliphatic hydroxyl groups is 5. The van der Waals surface area contributed by atoms with Crippen molar-refractivity contribution in [1.29, 1.82) is 0 Å². The number of azo groups is 1. The SMILES string of the molecule is COC(=O)/C(O)=C(/O)CCOS(=O)(=O)c1cc(/N=N/c2c(O)c(C(=O)OCC(O)C3OC(=O)C(O)=C3O)cc3ccccc23)ccc1C. The van der Waals surface area contributed by atoms with Gasteiger partial charge in [-0.2, -0.15) is 13.5 Å². The summed E-state index contributed by atoms with van der Waals surface area (Å²) in [5, 5.41) is 68.6. The van der Waals surface area contributed by atoms with Gasteiger partial charge in [0.05, 0.1) is 24.3 Å². The fraction of sp³-hybridized carbons (Fsp3) is 0.233. The molecule has 254 valence electrons. The molecule has 2 atom stereocenters. The molecule has 3 aromatic rings. The first-order chi connectivity index (χ1) is 22.7. The van der Waals surface area contributed by atoms with Gasteiger partial charge in [0.2, 0.25) is 11.5 Å². The van der Waals surface area contributed by atoms with Gasteiger partial charge in [0.15, 0.2) is 17.6 Å². The first kappa shape index (κ1) is 35.1. The first-order valence-corrected chi connectivity index (χ1v) is 15.1. The molecular weight excluding hydrogens is 660 g/mol. The van der Waals surface area contributed by atoms with E-state index in [9.17, 15) is 53.4 Å². The van der Waals surface area contributed by atoms with Crippen molar-refractivity contribution in [2.24, 2.45) is 10.2 Å². The largest absolute Gasteiger partial charge is 0.508 e. The number of carbonyl (C=O) groups is 3. The van der Waals surface area contributed by atoms with Crippen molar-refractivity contribution in [1.82, 2.24) is 0 Å². The van der Waals surface area contributed by atoms with E-state index in [0.717, 1.165) is 13.2 Å². The molecule has 0 spiro atoms. The lowest BCUT2D eigenvalue weighted by atomic mass is 10.0. The molecule has 0 amide bonds. The standard InChI is InChI=1S/C30H28N2O15S/c1-14-7-8-16(12-21(14)48(42,43)46-10-9-19(33)24(36)29(40)44-2)31-32-22-17-6-4-3-5-15(17)11-18(23(22)35)28(39)45-13-20(34)27-25(37)26(38)30(41)47-27/h3-8,11-12,20,27,33-38H,9-10,13H2,1-2H3/b24-19-,32-31+. The Labute approximate surface area is 271 Å². The van der Waals surface area contributed by atoms with Gasteiger partial charge in [-0.3, -0.25) is 4.18 Å². The number of carbonyl (C=O) groups excluding carboxylic acids is 3.